The van der Waals surface area contributed by atoms with Gasteiger partial charge in [-0.25, -0.2) is 0 Å². The Morgan fingerprint density at radius 3 is 2.63 bits per heavy atom. The number of rotatable bonds is 6. The van der Waals surface area contributed by atoms with Crippen LogP contribution in [0.1, 0.15) is 36.3 Å². The fourth-order valence-corrected chi connectivity index (χ4v) is 2.24. The van der Waals surface area contributed by atoms with Crippen molar-refractivity contribution in [1.82, 2.24) is 5.32 Å². The molecule has 0 bridgehead atoms. The minimum absolute atomic E-state index is 0.0896. The summed E-state index contributed by atoms with van der Waals surface area (Å²) >= 11 is 0. The second kappa shape index (κ2) is 6.43. The smallest absolute Gasteiger partial charge is 0.124 e. The van der Waals surface area contributed by atoms with Gasteiger partial charge in [-0.05, 0) is 32.5 Å². The summed E-state index contributed by atoms with van der Waals surface area (Å²) < 4.78 is 11.2. The lowest BCUT2D eigenvalue weighted by Crippen LogP contribution is -2.19. The fraction of sp³-hybridized carbons (Fsp3) is 0.375. The van der Waals surface area contributed by atoms with Crippen LogP contribution in [0, 0.1) is 6.92 Å². The molecule has 0 aliphatic carbocycles. The zero-order valence-electron chi connectivity index (χ0n) is 11.8. The summed E-state index contributed by atoms with van der Waals surface area (Å²) in [5.41, 5.74) is 2.29. The quantitative estimate of drug-likeness (QED) is 0.859. The van der Waals surface area contributed by atoms with E-state index in [1.54, 1.807) is 6.26 Å². The minimum atomic E-state index is 0.0896. The van der Waals surface area contributed by atoms with Crippen LogP contribution >= 0.6 is 0 Å². The highest BCUT2D eigenvalue weighted by molar-refractivity contribution is 5.42. The van der Waals surface area contributed by atoms with Gasteiger partial charge in [-0.2, -0.15) is 0 Å². The third-order valence-electron chi connectivity index (χ3n) is 3.19. The molecular formula is C16H21NO2. The van der Waals surface area contributed by atoms with E-state index in [-0.39, 0.29) is 6.04 Å². The molecule has 3 nitrogen and oxygen atoms in total. The molecule has 0 aliphatic rings. The van der Waals surface area contributed by atoms with E-state index in [4.69, 9.17) is 9.15 Å². The Hall–Kier alpha value is -1.74. The Bertz CT molecular complexity index is 519. The summed E-state index contributed by atoms with van der Waals surface area (Å²) in [6.07, 6.45) is 2.73. The molecule has 1 unspecified atom stereocenters. The zero-order chi connectivity index (χ0) is 13.7. The number of hydrogen-bond acceptors (Lipinski definition) is 3. The predicted octanol–water partition coefficient (Wildman–Crippen LogP) is 3.69. The van der Waals surface area contributed by atoms with E-state index in [0.717, 1.165) is 35.7 Å². The Kier molecular flexibility index (Phi) is 4.63. The van der Waals surface area contributed by atoms with Gasteiger partial charge in [0, 0.05) is 11.1 Å². The van der Waals surface area contributed by atoms with Gasteiger partial charge in [-0.1, -0.05) is 25.1 Å². The zero-order valence-corrected chi connectivity index (χ0v) is 11.8. The van der Waals surface area contributed by atoms with Crippen molar-refractivity contribution in [2.75, 3.05) is 13.7 Å². The van der Waals surface area contributed by atoms with E-state index in [1.165, 1.54) is 0 Å². The van der Waals surface area contributed by atoms with E-state index in [2.05, 4.69) is 18.3 Å². The first-order chi connectivity index (χ1) is 9.27. The Morgan fingerprint density at radius 1 is 1.21 bits per heavy atom. The van der Waals surface area contributed by atoms with Gasteiger partial charge in [-0.3, -0.25) is 0 Å². The molecule has 0 fully saturated rings. The molecule has 1 atom stereocenters. The molecule has 0 saturated carbocycles. The largest absolute Gasteiger partial charge is 0.493 e. The third-order valence-corrected chi connectivity index (χ3v) is 3.19. The fourth-order valence-electron chi connectivity index (χ4n) is 2.24. The standard InChI is InChI=1S/C16H21NO2/c1-4-10-19-15-8-6-5-7-14(15)16(17-3)13-9-11-18-12(13)2/h5-9,11,16-17H,4,10H2,1-3H3. The molecule has 102 valence electrons. The molecular weight excluding hydrogens is 238 g/mol. The first-order valence-corrected chi connectivity index (χ1v) is 6.71. The normalized spacial score (nSPS) is 12.4. The second-order valence-electron chi connectivity index (χ2n) is 4.54. The number of nitrogens with one attached hydrogen (secondary N) is 1. The molecule has 1 aromatic heterocycles. The van der Waals surface area contributed by atoms with E-state index in [1.807, 2.05) is 38.2 Å². The van der Waals surface area contributed by atoms with Gasteiger partial charge in [0.25, 0.3) is 0 Å². The maximum absolute atomic E-state index is 5.84. The Balaban J connectivity index is 2.35. The molecule has 0 saturated heterocycles. The van der Waals surface area contributed by atoms with Crippen molar-refractivity contribution in [3.63, 3.8) is 0 Å². The van der Waals surface area contributed by atoms with E-state index >= 15 is 0 Å². The van der Waals surface area contributed by atoms with Crippen LogP contribution in [0.15, 0.2) is 41.0 Å². The molecule has 0 amide bonds. The van der Waals surface area contributed by atoms with Crippen molar-refractivity contribution in [2.45, 2.75) is 26.3 Å². The minimum Gasteiger partial charge on any atom is -0.493 e. The predicted molar refractivity (Wildman–Crippen MR) is 76.6 cm³/mol. The molecule has 19 heavy (non-hydrogen) atoms. The molecule has 2 aromatic rings. The average Bonchev–Trinajstić information content (AvgIpc) is 2.85. The van der Waals surface area contributed by atoms with Crippen molar-refractivity contribution in [2.24, 2.45) is 0 Å². The van der Waals surface area contributed by atoms with Gasteiger partial charge >= 0.3 is 0 Å². The summed E-state index contributed by atoms with van der Waals surface area (Å²) in [7, 11) is 1.95. The van der Waals surface area contributed by atoms with E-state index < -0.39 is 0 Å². The SMILES string of the molecule is CCCOc1ccccc1C(NC)c1ccoc1C. The molecule has 3 heteroatoms. The molecule has 1 heterocycles. The first-order valence-electron chi connectivity index (χ1n) is 6.71. The van der Waals surface area contributed by atoms with E-state index in [0.29, 0.717) is 0 Å². The summed E-state index contributed by atoms with van der Waals surface area (Å²) in [5, 5.41) is 3.34. The molecule has 2 rings (SSSR count). The van der Waals surface area contributed by atoms with Gasteiger partial charge in [0.15, 0.2) is 0 Å². The lowest BCUT2D eigenvalue weighted by atomic mass is 9.98. The van der Waals surface area contributed by atoms with Crippen LogP contribution in [0.5, 0.6) is 5.75 Å². The van der Waals surface area contributed by atoms with Crippen molar-refractivity contribution in [3.05, 3.63) is 53.5 Å². The Labute approximate surface area is 114 Å². The second-order valence-corrected chi connectivity index (χ2v) is 4.54. The van der Waals surface area contributed by atoms with Crippen molar-refractivity contribution >= 4 is 0 Å². The number of aryl methyl sites for hydroxylation is 1. The van der Waals surface area contributed by atoms with E-state index in [9.17, 15) is 0 Å². The molecule has 0 spiro atoms. The van der Waals surface area contributed by atoms with Crippen molar-refractivity contribution < 1.29 is 9.15 Å². The van der Waals surface area contributed by atoms with Crippen LogP contribution < -0.4 is 10.1 Å². The highest BCUT2D eigenvalue weighted by Gasteiger charge is 2.19. The molecule has 0 radical (unpaired) electrons. The van der Waals surface area contributed by atoms with Crippen LogP contribution in [0.25, 0.3) is 0 Å². The number of ether oxygens (including phenoxy) is 1. The van der Waals surface area contributed by atoms with Crippen molar-refractivity contribution in [1.29, 1.82) is 0 Å². The number of hydrogen-bond donors (Lipinski definition) is 1. The topological polar surface area (TPSA) is 34.4 Å². The Morgan fingerprint density at radius 2 is 2.00 bits per heavy atom. The lowest BCUT2D eigenvalue weighted by molar-refractivity contribution is 0.312. The van der Waals surface area contributed by atoms with Gasteiger partial charge in [0.1, 0.15) is 11.5 Å². The highest BCUT2D eigenvalue weighted by Crippen LogP contribution is 2.31. The maximum atomic E-state index is 5.84. The number of benzene rings is 1. The average molecular weight is 259 g/mol. The van der Waals surface area contributed by atoms with Gasteiger partial charge in [-0.15, -0.1) is 0 Å². The van der Waals surface area contributed by atoms with Crippen molar-refractivity contribution in [3.8, 4) is 5.75 Å². The van der Waals surface area contributed by atoms with Crippen LogP contribution in [0.2, 0.25) is 0 Å². The summed E-state index contributed by atoms with van der Waals surface area (Å²) in [5.74, 6) is 1.87. The summed E-state index contributed by atoms with van der Waals surface area (Å²) in [6.45, 7) is 4.82. The summed E-state index contributed by atoms with van der Waals surface area (Å²) in [6, 6.07) is 10.3. The third kappa shape index (κ3) is 2.99. The molecule has 1 aromatic carbocycles. The highest BCUT2D eigenvalue weighted by atomic mass is 16.5. The first kappa shape index (κ1) is 13.7. The molecule has 0 aliphatic heterocycles. The van der Waals surface area contributed by atoms with Gasteiger partial charge < -0.3 is 14.5 Å². The lowest BCUT2D eigenvalue weighted by Gasteiger charge is -2.19. The van der Waals surface area contributed by atoms with Crippen LogP contribution in [0.4, 0.5) is 0 Å². The monoisotopic (exact) mass is 259 g/mol. The van der Waals surface area contributed by atoms with Gasteiger partial charge in [0.05, 0.1) is 18.9 Å². The van der Waals surface area contributed by atoms with Crippen LogP contribution in [-0.4, -0.2) is 13.7 Å². The van der Waals surface area contributed by atoms with Crippen LogP contribution in [0.3, 0.4) is 0 Å². The van der Waals surface area contributed by atoms with Crippen LogP contribution in [-0.2, 0) is 0 Å². The maximum Gasteiger partial charge on any atom is 0.124 e. The summed E-state index contributed by atoms with van der Waals surface area (Å²) in [4.78, 5) is 0. The molecule has 1 N–H and O–H groups in total. The van der Waals surface area contributed by atoms with Gasteiger partial charge in [0.2, 0.25) is 0 Å². The number of furan rings is 1. The number of para-hydroxylation sites is 1.